The van der Waals surface area contributed by atoms with Gasteiger partial charge in [0.05, 0.1) is 6.10 Å². The number of carbonyl (C=O) groups is 1. The smallest absolute Gasteiger partial charge is 0.253 e. The fourth-order valence-electron chi connectivity index (χ4n) is 3.05. The van der Waals surface area contributed by atoms with Crippen LogP contribution in [0.3, 0.4) is 0 Å². The lowest BCUT2D eigenvalue weighted by Gasteiger charge is -2.32. The predicted molar refractivity (Wildman–Crippen MR) is 94.4 cm³/mol. The third kappa shape index (κ3) is 3.94. The molecule has 3 rings (SSSR count). The number of likely N-dealkylation sites (tertiary alicyclic amines) is 1. The Morgan fingerprint density at radius 3 is 2.43 bits per heavy atom. The van der Waals surface area contributed by atoms with E-state index in [2.05, 4.69) is 16.8 Å². The van der Waals surface area contributed by atoms with Crippen molar-refractivity contribution in [1.82, 2.24) is 4.90 Å². The van der Waals surface area contributed by atoms with Gasteiger partial charge < -0.3 is 9.64 Å². The average Bonchev–Trinajstić information content (AvgIpc) is 3.09. The second-order valence-corrected chi connectivity index (χ2v) is 7.09. The van der Waals surface area contributed by atoms with E-state index in [1.807, 2.05) is 43.0 Å². The SMILES string of the molecule is CC(C)Oc1ccc(C(=O)N2CCC(c3ccsc3)CC2)cc1. The van der Waals surface area contributed by atoms with Crippen molar-refractivity contribution in [2.45, 2.75) is 38.7 Å². The highest BCUT2D eigenvalue weighted by Gasteiger charge is 2.24. The molecule has 0 aliphatic carbocycles. The summed E-state index contributed by atoms with van der Waals surface area (Å²) >= 11 is 1.75. The molecular formula is C19H23NO2S. The molecule has 1 amide bonds. The van der Waals surface area contributed by atoms with Crippen LogP contribution in [0.25, 0.3) is 0 Å². The molecule has 1 fully saturated rings. The molecule has 3 nitrogen and oxygen atoms in total. The van der Waals surface area contributed by atoms with Crippen LogP contribution in [-0.2, 0) is 0 Å². The van der Waals surface area contributed by atoms with Crippen molar-refractivity contribution >= 4 is 17.2 Å². The highest BCUT2D eigenvalue weighted by Crippen LogP contribution is 2.30. The molecule has 1 aliphatic heterocycles. The molecule has 0 unspecified atom stereocenters. The normalized spacial score (nSPS) is 15.9. The van der Waals surface area contributed by atoms with Crippen LogP contribution in [0.2, 0.25) is 0 Å². The molecule has 0 spiro atoms. The van der Waals surface area contributed by atoms with Crippen LogP contribution in [0, 0.1) is 0 Å². The predicted octanol–water partition coefficient (Wildman–Crippen LogP) is 4.56. The van der Waals surface area contributed by atoms with Gasteiger partial charge in [0.25, 0.3) is 5.91 Å². The van der Waals surface area contributed by atoms with Crippen molar-refractivity contribution in [3.05, 3.63) is 52.2 Å². The maximum Gasteiger partial charge on any atom is 0.253 e. The first-order valence-electron chi connectivity index (χ1n) is 8.21. The number of benzene rings is 1. The van der Waals surface area contributed by atoms with Gasteiger partial charge in [-0.2, -0.15) is 11.3 Å². The molecule has 1 aromatic heterocycles. The van der Waals surface area contributed by atoms with E-state index in [-0.39, 0.29) is 12.0 Å². The Bertz CT molecular complexity index is 626. The minimum absolute atomic E-state index is 0.130. The lowest BCUT2D eigenvalue weighted by atomic mass is 9.91. The lowest BCUT2D eigenvalue weighted by Crippen LogP contribution is -2.37. The van der Waals surface area contributed by atoms with Crippen LogP contribution < -0.4 is 4.74 Å². The number of rotatable bonds is 4. The second kappa shape index (κ2) is 7.18. The van der Waals surface area contributed by atoms with Gasteiger partial charge in [-0.05, 0) is 79.3 Å². The molecule has 4 heteroatoms. The van der Waals surface area contributed by atoms with Gasteiger partial charge in [-0.15, -0.1) is 0 Å². The van der Waals surface area contributed by atoms with E-state index < -0.39 is 0 Å². The van der Waals surface area contributed by atoms with Crippen LogP contribution in [-0.4, -0.2) is 30.0 Å². The molecular weight excluding hydrogens is 306 g/mol. The summed E-state index contributed by atoms with van der Waals surface area (Å²) in [6.07, 6.45) is 2.25. The Labute approximate surface area is 141 Å². The van der Waals surface area contributed by atoms with Gasteiger partial charge in [0.2, 0.25) is 0 Å². The first kappa shape index (κ1) is 16.1. The summed E-state index contributed by atoms with van der Waals surface area (Å²) in [5, 5.41) is 4.36. The third-order valence-electron chi connectivity index (χ3n) is 4.27. The lowest BCUT2D eigenvalue weighted by molar-refractivity contribution is 0.0713. The monoisotopic (exact) mass is 329 g/mol. The molecule has 23 heavy (non-hydrogen) atoms. The second-order valence-electron chi connectivity index (χ2n) is 6.31. The molecule has 1 aromatic carbocycles. The van der Waals surface area contributed by atoms with Crippen molar-refractivity contribution in [2.24, 2.45) is 0 Å². The molecule has 0 radical (unpaired) electrons. The average molecular weight is 329 g/mol. The minimum Gasteiger partial charge on any atom is -0.491 e. The summed E-state index contributed by atoms with van der Waals surface area (Å²) in [5.41, 5.74) is 2.17. The van der Waals surface area contributed by atoms with Crippen molar-refractivity contribution in [3.63, 3.8) is 0 Å². The quantitative estimate of drug-likeness (QED) is 0.823. The zero-order valence-corrected chi connectivity index (χ0v) is 14.5. The highest BCUT2D eigenvalue weighted by molar-refractivity contribution is 7.07. The molecule has 1 saturated heterocycles. The van der Waals surface area contributed by atoms with Crippen molar-refractivity contribution in [1.29, 1.82) is 0 Å². The molecule has 2 aromatic rings. The number of piperidine rings is 1. The Morgan fingerprint density at radius 1 is 1.17 bits per heavy atom. The molecule has 0 saturated carbocycles. The van der Waals surface area contributed by atoms with E-state index in [1.54, 1.807) is 11.3 Å². The Morgan fingerprint density at radius 2 is 1.87 bits per heavy atom. The van der Waals surface area contributed by atoms with E-state index in [4.69, 9.17) is 4.74 Å². The fraction of sp³-hybridized carbons (Fsp3) is 0.421. The summed E-state index contributed by atoms with van der Waals surface area (Å²) in [6.45, 7) is 5.67. The van der Waals surface area contributed by atoms with Gasteiger partial charge in [-0.25, -0.2) is 0 Å². The van der Waals surface area contributed by atoms with Crippen LogP contribution in [0.1, 0.15) is 48.5 Å². The standard InChI is InChI=1S/C19H23NO2S/c1-14(2)22-18-5-3-16(4-6-18)19(21)20-10-7-15(8-11-20)17-9-12-23-13-17/h3-6,9,12-15H,7-8,10-11H2,1-2H3. The van der Waals surface area contributed by atoms with Crippen molar-refractivity contribution in [3.8, 4) is 5.75 Å². The molecule has 1 aliphatic rings. The van der Waals surface area contributed by atoms with Gasteiger partial charge in [0.15, 0.2) is 0 Å². The minimum atomic E-state index is 0.130. The molecule has 2 heterocycles. The number of carbonyl (C=O) groups excluding carboxylic acids is 1. The maximum absolute atomic E-state index is 12.6. The van der Waals surface area contributed by atoms with E-state index in [0.29, 0.717) is 5.92 Å². The van der Waals surface area contributed by atoms with Crippen LogP contribution in [0.15, 0.2) is 41.1 Å². The zero-order chi connectivity index (χ0) is 16.2. The third-order valence-corrected chi connectivity index (χ3v) is 4.97. The van der Waals surface area contributed by atoms with Crippen LogP contribution in [0.5, 0.6) is 5.75 Å². The van der Waals surface area contributed by atoms with Gasteiger partial charge in [-0.3, -0.25) is 4.79 Å². The molecule has 122 valence electrons. The fourth-order valence-corrected chi connectivity index (χ4v) is 3.80. The Balaban J connectivity index is 1.58. The zero-order valence-electron chi connectivity index (χ0n) is 13.7. The summed E-state index contributed by atoms with van der Waals surface area (Å²) in [7, 11) is 0. The Hall–Kier alpha value is -1.81. The van der Waals surface area contributed by atoms with Crippen LogP contribution >= 0.6 is 11.3 Å². The number of hydrogen-bond donors (Lipinski definition) is 0. The van der Waals surface area contributed by atoms with E-state index in [1.165, 1.54) is 5.56 Å². The summed E-state index contributed by atoms with van der Waals surface area (Å²) in [6, 6.07) is 9.70. The number of hydrogen-bond acceptors (Lipinski definition) is 3. The first-order valence-corrected chi connectivity index (χ1v) is 9.16. The maximum atomic E-state index is 12.6. The number of nitrogens with zero attached hydrogens (tertiary/aromatic N) is 1. The van der Waals surface area contributed by atoms with E-state index in [9.17, 15) is 4.79 Å². The number of ether oxygens (including phenoxy) is 1. The van der Waals surface area contributed by atoms with Gasteiger partial charge in [-0.1, -0.05) is 0 Å². The van der Waals surface area contributed by atoms with Crippen LogP contribution in [0.4, 0.5) is 0 Å². The molecule has 0 N–H and O–H groups in total. The summed E-state index contributed by atoms with van der Waals surface area (Å²) < 4.78 is 5.63. The highest BCUT2D eigenvalue weighted by atomic mass is 32.1. The summed E-state index contributed by atoms with van der Waals surface area (Å²) in [5.74, 6) is 1.55. The van der Waals surface area contributed by atoms with Crippen molar-refractivity contribution in [2.75, 3.05) is 13.1 Å². The first-order chi connectivity index (χ1) is 11.1. The molecule has 0 bridgehead atoms. The molecule has 0 atom stereocenters. The number of amides is 1. The van der Waals surface area contributed by atoms with E-state index >= 15 is 0 Å². The van der Waals surface area contributed by atoms with Gasteiger partial charge in [0.1, 0.15) is 5.75 Å². The topological polar surface area (TPSA) is 29.5 Å². The largest absolute Gasteiger partial charge is 0.491 e. The Kier molecular flexibility index (Phi) is 5.01. The summed E-state index contributed by atoms with van der Waals surface area (Å²) in [4.78, 5) is 14.6. The van der Waals surface area contributed by atoms with Gasteiger partial charge in [0, 0.05) is 18.7 Å². The van der Waals surface area contributed by atoms with Gasteiger partial charge >= 0.3 is 0 Å². The number of thiophene rings is 1. The van der Waals surface area contributed by atoms with Crippen molar-refractivity contribution < 1.29 is 9.53 Å². The van der Waals surface area contributed by atoms with E-state index in [0.717, 1.165) is 37.2 Å².